The highest BCUT2D eigenvalue weighted by atomic mass is 16.4. The van der Waals surface area contributed by atoms with Gasteiger partial charge in [-0.2, -0.15) is 0 Å². The van der Waals surface area contributed by atoms with Crippen molar-refractivity contribution in [2.24, 2.45) is 5.73 Å². The van der Waals surface area contributed by atoms with E-state index >= 15 is 0 Å². The van der Waals surface area contributed by atoms with Crippen molar-refractivity contribution in [2.75, 3.05) is 5.32 Å². The topological polar surface area (TPSA) is 122 Å². The molecule has 1 rings (SSSR count). The zero-order chi connectivity index (χ0) is 15.8. The van der Waals surface area contributed by atoms with Crippen LogP contribution in [-0.2, 0) is 16.0 Å². The van der Waals surface area contributed by atoms with Crippen molar-refractivity contribution >= 4 is 23.6 Å². The predicted molar refractivity (Wildman–Crippen MR) is 77.8 cm³/mol. The van der Waals surface area contributed by atoms with Gasteiger partial charge in [0, 0.05) is 24.6 Å². The average molecular weight is 293 g/mol. The molecule has 7 heteroatoms. The van der Waals surface area contributed by atoms with Gasteiger partial charge in [0.25, 0.3) is 0 Å². The van der Waals surface area contributed by atoms with Crippen LogP contribution in [0.3, 0.4) is 0 Å². The smallest absolute Gasteiger partial charge is 0.319 e. The Hall–Kier alpha value is -2.57. The number of rotatable bonds is 7. The SMILES string of the molecule is CC(CC(N)=O)NC(=O)Nc1cccc(CCC(=O)O)c1. The number of carbonyl (C=O) groups is 3. The molecule has 0 spiro atoms. The van der Waals surface area contributed by atoms with Crippen molar-refractivity contribution in [1.29, 1.82) is 0 Å². The molecule has 0 saturated carbocycles. The first-order chi connectivity index (χ1) is 9.86. The van der Waals surface area contributed by atoms with Crippen molar-refractivity contribution in [1.82, 2.24) is 5.32 Å². The number of aliphatic carboxylic acids is 1. The summed E-state index contributed by atoms with van der Waals surface area (Å²) >= 11 is 0. The molecule has 1 aromatic carbocycles. The first-order valence-corrected chi connectivity index (χ1v) is 6.53. The molecule has 0 radical (unpaired) electrons. The number of benzene rings is 1. The van der Waals surface area contributed by atoms with Gasteiger partial charge in [0.05, 0.1) is 0 Å². The standard InChI is InChI=1S/C14H19N3O4/c1-9(7-12(15)18)16-14(21)17-11-4-2-3-10(8-11)5-6-13(19)20/h2-4,8-9H,5-7H2,1H3,(H2,15,18)(H,19,20)(H2,16,17,21). The van der Waals surface area contributed by atoms with Crippen LogP contribution >= 0.6 is 0 Å². The van der Waals surface area contributed by atoms with Gasteiger partial charge in [0.1, 0.15) is 0 Å². The molecule has 3 amide bonds. The molecule has 1 atom stereocenters. The number of anilines is 1. The number of hydrogen-bond acceptors (Lipinski definition) is 3. The Labute approximate surface area is 122 Å². The second-order valence-electron chi connectivity index (χ2n) is 4.76. The summed E-state index contributed by atoms with van der Waals surface area (Å²) in [5.41, 5.74) is 6.42. The molecular formula is C14H19N3O4. The first kappa shape index (κ1) is 16.5. The summed E-state index contributed by atoms with van der Waals surface area (Å²) in [5.74, 6) is -1.36. The highest BCUT2D eigenvalue weighted by Gasteiger charge is 2.10. The molecule has 0 saturated heterocycles. The minimum absolute atomic E-state index is 0.0330. The first-order valence-electron chi connectivity index (χ1n) is 6.53. The Morgan fingerprint density at radius 1 is 1.33 bits per heavy atom. The number of urea groups is 1. The fourth-order valence-corrected chi connectivity index (χ4v) is 1.80. The van der Waals surface area contributed by atoms with E-state index in [2.05, 4.69) is 10.6 Å². The molecule has 0 aliphatic rings. The maximum Gasteiger partial charge on any atom is 0.319 e. The Balaban J connectivity index is 2.54. The lowest BCUT2D eigenvalue weighted by Crippen LogP contribution is -2.38. The van der Waals surface area contributed by atoms with Crippen LogP contribution < -0.4 is 16.4 Å². The number of carbonyl (C=O) groups excluding carboxylic acids is 2. The van der Waals surface area contributed by atoms with Crippen LogP contribution in [0.15, 0.2) is 24.3 Å². The van der Waals surface area contributed by atoms with Crippen molar-refractivity contribution in [3.05, 3.63) is 29.8 Å². The number of aryl methyl sites for hydroxylation is 1. The minimum atomic E-state index is -0.869. The summed E-state index contributed by atoms with van der Waals surface area (Å²) < 4.78 is 0. The van der Waals surface area contributed by atoms with Gasteiger partial charge in [-0.05, 0) is 31.0 Å². The van der Waals surface area contributed by atoms with Crippen LogP contribution in [0.25, 0.3) is 0 Å². The fourth-order valence-electron chi connectivity index (χ4n) is 1.80. The summed E-state index contributed by atoms with van der Waals surface area (Å²) in [6.45, 7) is 1.67. The van der Waals surface area contributed by atoms with Gasteiger partial charge in [-0.15, -0.1) is 0 Å². The Kier molecular flexibility index (Phi) is 6.19. The largest absolute Gasteiger partial charge is 0.481 e. The highest BCUT2D eigenvalue weighted by molar-refractivity contribution is 5.89. The zero-order valence-corrected chi connectivity index (χ0v) is 11.8. The average Bonchev–Trinajstić information content (AvgIpc) is 2.35. The Bertz CT molecular complexity index is 531. The lowest BCUT2D eigenvalue weighted by molar-refractivity contribution is -0.137. The Morgan fingerprint density at radius 3 is 2.67 bits per heavy atom. The van der Waals surface area contributed by atoms with E-state index < -0.39 is 17.9 Å². The van der Waals surface area contributed by atoms with Crippen molar-refractivity contribution in [3.63, 3.8) is 0 Å². The maximum absolute atomic E-state index is 11.7. The van der Waals surface area contributed by atoms with E-state index in [-0.39, 0.29) is 18.9 Å². The molecule has 1 unspecified atom stereocenters. The normalized spacial score (nSPS) is 11.5. The van der Waals surface area contributed by atoms with E-state index in [4.69, 9.17) is 10.8 Å². The lowest BCUT2D eigenvalue weighted by atomic mass is 10.1. The number of carboxylic acid groups (broad SMARTS) is 1. The summed E-state index contributed by atoms with van der Waals surface area (Å²) in [4.78, 5) is 33.0. The number of nitrogens with two attached hydrogens (primary N) is 1. The van der Waals surface area contributed by atoms with E-state index in [9.17, 15) is 14.4 Å². The monoisotopic (exact) mass is 293 g/mol. The van der Waals surface area contributed by atoms with Crippen molar-refractivity contribution in [2.45, 2.75) is 32.2 Å². The van der Waals surface area contributed by atoms with Crippen LogP contribution in [0.5, 0.6) is 0 Å². The van der Waals surface area contributed by atoms with E-state index in [1.807, 2.05) is 0 Å². The number of hydrogen-bond donors (Lipinski definition) is 4. The van der Waals surface area contributed by atoms with Crippen LogP contribution in [0.4, 0.5) is 10.5 Å². The minimum Gasteiger partial charge on any atom is -0.481 e. The van der Waals surface area contributed by atoms with E-state index in [0.29, 0.717) is 12.1 Å². The van der Waals surface area contributed by atoms with E-state index in [1.54, 1.807) is 31.2 Å². The molecule has 0 aromatic heterocycles. The summed E-state index contributed by atoms with van der Waals surface area (Å²) in [6.07, 6.45) is 0.488. The molecule has 0 aliphatic carbocycles. The molecule has 5 N–H and O–H groups in total. The number of carboxylic acids is 1. The Morgan fingerprint density at radius 2 is 2.05 bits per heavy atom. The molecule has 21 heavy (non-hydrogen) atoms. The molecule has 0 bridgehead atoms. The molecule has 7 nitrogen and oxygen atoms in total. The number of amides is 3. The third kappa shape index (κ3) is 6.95. The third-order valence-corrected chi connectivity index (χ3v) is 2.70. The second kappa shape index (κ2) is 7.88. The molecule has 114 valence electrons. The summed E-state index contributed by atoms with van der Waals surface area (Å²) in [6, 6.07) is 6.13. The van der Waals surface area contributed by atoms with Gasteiger partial charge in [-0.25, -0.2) is 4.79 Å². The van der Waals surface area contributed by atoms with Gasteiger partial charge < -0.3 is 21.5 Å². The lowest BCUT2D eigenvalue weighted by Gasteiger charge is -2.13. The van der Waals surface area contributed by atoms with Gasteiger partial charge in [-0.1, -0.05) is 12.1 Å². The summed E-state index contributed by atoms with van der Waals surface area (Å²) in [7, 11) is 0. The maximum atomic E-state index is 11.7. The van der Waals surface area contributed by atoms with Crippen molar-refractivity contribution < 1.29 is 19.5 Å². The fraction of sp³-hybridized carbons (Fsp3) is 0.357. The molecule has 0 heterocycles. The van der Waals surface area contributed by atoms with Gasteiger partial charge in [-0.3, -0.25) is 9.59 Å². The van der Waals surface area contributed by atoms with Gasteiger partial charge in [0.2, 0.25) is 5.91 Å². The predicted octanol–water partition coefficient (Wildman–Crippen LogP) is 1.09. The van der Waals surface area contributed by atoms with Crippen molar-refractivity contribution in [3.8, 4) is 0 Å². The van der Waals surface area contributed by atoms with E-state index in [0.717, 1.165) is 5.56 Å². The van der Waals surface area contributed by atoms with Crippen LogP contribution in [0.2, 0.25) is 0 Å². The van der Waals surface area contributed by atoms with E-state index in [1.165, 1.54) is 0 Å². The molecular weight excluding hydrogens is 274 g/mol. The zero-order valence-electron chi connectivity index (χ0n) is 11.8. The summed E-state index contributed by atoms with van der Waals surface area (Å²) in [5, 5.41) is 13.9. The molecule has 0 fully saturated rings. The third-order valence-electron chi connectivity index (χ3n) is 2.70. The number of primary amides is 1. The molecule has 0 aliphatic heterocycles. The van der Waals surface area contributed by atoms with Gasteiger partial charge in [0.15, 0.2) is 0 Å². The molecule has 1 aromatic rings. The number of nitrogens with one attached hydrogen (secondary N) is 2. The van der Waals surface area contributed by atoms with Crippen LogP contribution in [0.1, 0.15) is 25.3 Å². The highest BCUT2D eigenvalue weighted by Crippen LogP contribution is 2.12. The second-order valence-corrected chi connectivity index (χ2v) is 4.76. The van der Waals surface area contributed by atoms with Gasteiger partial charge >= 0.3 is 12.0 Å². The van der Waals surface area contributed by atoms with Crippen LogP contribution in [0, 0.1) is 0 Å². The van der Waals surface area contributed by atoms with Crippen LogP contribution in [-0.4, -0.2) is 29.1 Å². The quantitative estimate of drug-likeness (QED) is 0.601.